The van der Waals surface area contributed by atoms with Crippen molar-refractivity contribution in [1.29, 1.82) is 0 Å². The number of pyridine rings is 1. The van der Waals surface area contributed by atoms with Crippen LogP contribution in [0, 0.1) is 0 Å². The third-order valence-electron chi connectivity index (χ3n) is 2.43. The predicted octanol–water partition coefficient (Wildman–Crippen LogP) is 3.45. The minimum absolute atomic E-state index is 0.729. The first-order chi connectivity index (χ1) is 8.72. The molecule has 0 fully saturated rings. The lowest BCUT2D eigenvalue weighted by molar-refractivity contribution is 1.08. The molecule has 0 unspecified atom stereocenters. The number of hydrogen-bond acceptors (Lipinski definition) is 4. The fourth-order valence-corrected chi connectivity index (χ4v) is 2.89. The first-order valence-corrected chi connectivity index (χ1v) is 6.86. The second-order valence-corrected chi connectivity index (χ2v) is 5.61. The lowest BCUT2D eigenvalue weighted by Crippen LogP contribution is -1.82. The lowest BCUT2D eigenvalue weighted by Gasteiger charge is -1.99. The van der Waals surface area contributed by atoms with Gasteiger partial charge in [0.2, 0.25) is 0 Å². The van der Waals surface area contributed by atoms with E-state index in [1.54, 1.807) is 24.2 Å². The third-order valence-corrected chi connectivity index (χ3v) is 4.28. The molecule has 3 rings (SSSR count). The van der Waals surface area contributed by atoms with Gasteiger partial charge >= 0.3 is 0 Å². The van der Waals surface area contributed by atoms with Gasteiger partial charge in [0.25, 0.3) is 0 Å². The second kappa shape index (κ2) is 4.62. The molecule has 0 aliphatic carbocycles. The molecule has 90 valence electrons. The highest BCUT2D eigenvalue weighted by atomic mass is 79.9. The van der Waals surface area contributed by atoms with E-state index in [2.05, 4.69) is 30.9 Å². The zero-order chi connectivity index (χ0) is 12.5. The van der Waals surface area contributed by atoms with Gasteiger partial charge in [0, 0.05) is 27.4 Å². The number of rotatable bonds is 2. The van der Waals surface area contributed by atoms with E-state index in [-0.39, 0.29) is 0 Å². The predicted molar refractivity (Wildman–Crippen MR) is 76.6 cm³/mol. The number of halogens is 1. The molecule has 0 radical (unpaired) electrons. The Hall–Kier alpha value is -1.53. The van der Waals surface area contributed by atoms with Crippen molar-refractivity contribution in [2.45, 2.75) is 10.1 Å². The average Bonchev–Trinajstić information content (AvgIpc) is 2.73. The van der Waals surface area contributed by atoms with Crippen molar-refractivity contribution in [1.82, 2.24) is 15.0 Å². The van der Waals surface area contributed by atoms with Gasteiger partial charge in [-0.25, -0.2) is 4.98 Å². The summed E-state index contributed by atoms with van der Waals surface area (Å²) in [6.45, 7) is 0. The van der Waals surface area contributed by atoms with Crippen LogP contribution in [0.3, 0.4) is 0 Å². The molecule has 2 aromatic heterocycles. The number of nitrogens with zero attached hydrogens (tertiary/aromatic N) is 2. The Balaban J connectivity index is 1.98. The van der Waals surface area contributed by atoms with Crippen LogP contribution < -0.4 is 5.73 Å². The van der Waals surface area contributed by atoms with Gasteiger partial charge in [0.15, 0.2) is 5.16 Å². The van der Waals surface area contributed by atoms with Gasteiger partial charge in [0.05, 0.1) is 11.0 Å². The summed E-state index contributed by atoms with van der Waals surface area (Å²) in [5.41, 5.74) is 8.33. The molecular formula is C12H9BrN4S. The summed E-state index contributed by atoms with van der Waals surface area (Å²) in [5.74, 6) is 0. The first kappa shape index (κ1) is 11.6. The average molecular weight is 321 g/mol. The Morgan fingerprint density at radius 3 is 3.00 bits per heavy atom. The molecule has 0 atom stereocenters. The van der Waals surface area contributed by atoms with E-state index < -0.39 is 0 Å². The van der Waals surface area contributed by atoms with Crippen molar-refractivity contribution in [3.8, 4) is 0 Å². The Bertz CT molecular complexity index is 710. The number of nitrogen functional groups attached to an aromatic ring is 1. The molecule has 0 amide bonds. The fourth-order valence-electron chi connectivity index (χ4n) is 1.60. The summed E-state index contributed by atoms with van der Waals surface area (Å²) in [6, 6.07) is 7.58. The molecule has 0 saturated heterocycles. The summed E-state index contributed by atoms with van der Waals surface area (Å²) in [4.78, 5) is 12.8. The Labute approximate surface area is 116 Å². The largest absolute Gasteiger partial charge is 0.399 e. The Morgan fingerprint density at radius 2 is 2.17 bits per heavy atom. The first-order valence-electron chi connectivity index (χ1n) is 5.25. The highest BCUT2D eigenvalue weighted by molar-refractivity contribution is 9.10. The van der Waals surface area contributed by atoms with E-state index in [9.17, 15) is 0 Å². The maximum atomic E-state index is 5.74. The monoisotopic (exact) mass is 320 g/mol. The van der Waals surface area contributed by atoms with Crippen molar-refractivity contribution in [3.05, 3.63) is 41.1 Å². The molecular weight excluding hydrogens is 312 g/mol. The van der Waals surface area contributed by atoms with Crippen LogP contribution in [-0.4, -0.2) is 15.0 Å². The molecule has 18 heavy (non-hydrogen) atoms. The highest BCUT2D eigenvalue weighted by Crippen LogP contribution is 2.32. The van der Waals surface area contributed by atoms with Gasteiger partial charge in [-0.15, -0.1) is 0 Å². The standard InChI is InChI=1S/C12H9BrN4S/c13-8-6-15-4-3-11(8)18-12-16-9-2-1-7(14)5-10(9)17-12/h1-6H,14H2,(H,16,17). The molecule has 1 aromatic carbocycles. The number of H-pyrrole nitrogens is 1. The number of imidazole rings is 1. The van der Waals surface area contributed by atoms with Crippen molar-refractivity contribution in [2.75, 3.05) is 5.73 Å². The number of benzene rings is 1. The second-order valence-electron chi connectivity index (χ2n) is 3.73. The van der Waals surface area contributed by atoms with E-state index >= 15 is 0 Å². The zero-order valence-electron chi connectivity index (χ0n) is 9.22. The van der Waals surface area contributed by atoms with Crippen molar-refractivity contribution in [3.63, 3.8) is 0 Å². The van der Waals surface area contributed by atoms with E-state index in [1.807, 2.05) is 24.3 Å². The molecule has 0 aliphatic heterocycles. The molecule has 2 heterocycles. The maximum absolute atomic E-state index is 5.74. The van der Waals surface area contributed by atoms with Gasteiger partial charge in [-0.05, 0) is 40.2 Å². The molecule has 3 N–H and O–H groups in total. The zero-order valence-corrected chi connectivity index (χ0v) is 11.6. The smallest absolute Gasteiger partial charge is 0.171 e. The topological polar surface area (TPSA) is 67.6 Å². The molecule has 0 bridgehead atoms. The Morgan fingerprint density at radius 1 is 1.28 bits per heavy atom. The van der Waals surface area contributed by atoms with E-state index in [1.165, 1.54) is 0 Å². The Kier molecular flexibility index (Phi) is 2.97. The minimum Gasteiger partial charge on any atom is -0.399 e. The van der Waals surface area contributed by atoms with E-state index in [0.29, 0.717) is 0 Å². The van der Waals surface area contributed by atoms with Crippen molar-refractivity contribution in [2.24, 2.45) is 0 Å². The van der Waals surface area contributed by atoms with Crippen LogP contribution in [0.2, 0.25) is 0 Å². The molecule has 0 spiro atoms. The highest BCUT2D eigenvalue weighted by Gasteiger charge is 2.07. The maximum Gasteiger partial charge on any atom is 0.171 e. The molecule has 6 heteroatoms. The molecule has 3 aromatic rings. The molecule has 0 saturated carbocycles. The van der Waals surface area contributed by atoms with Crippen LogP contribution in [0.4, 0.5) is 5.69 Å². The van der Waals surface area contributed by atoms with Gasteiger partial charge in [-0.1, -0.05) is 11.8 Å². The third kappa shape index (κ3) is 2.21. The van der Waals surface area contributed by atoms with Gasteiger partial charge in [0.1, 0.15) is 0 Å². The lowest BCUT2D eigenvalue weighted by atomic mass is 10.3. The van der Waals surface area contributed by atoms with E-state index in [4.69, 9.17) is 5.73 Å². The van der Waals surface area contributed by atoms with Crippen molar-refractivity contribution < 1.29 is 0 Å². The number of fused-ring (bicyclic) bond motifs is 1. The van der Waals surface area contributed by atoms with Gasteiger partial charge < -0.3 is 10.7 Å². The van der Waals surface area contributed by atoms with Crippen LogP contribution in [0.15, 0.2) is 51.2 Å². The SMILES string of the molecule is Nc1ccc2nc(Sc3ccncc3Br)[nH]c2c1. The molecule has 4 nitrogen and oxygen atoms in total. The quantitative estimate of drug-likeness (QED) is 0.709. The number of nitrogens with two attached hydrogens (primary N) is 1. The van der Waals surface area contributed by atoms with E-state index in [0.717, 1.165) is 31.2 Å². The summed E-state index contributed by atoms with van der Waals surface area (Å²) in [5, 5.41) is 0.836. The number of aromatic nitrogens is 3. The minimum atomic E-state index is 0.729. The van der Waals surface area contributed by atoms with Gasteiger partial charge in [-0.2, -0.15) is 0 Å². The van der Waals surface area contributed by atoms with Gasteiger partial charge in [-0.3, -0.25) is 4.98 Å². The van der Waals surface area contributed by atoms with Crippen molar-refractivity contribution >= 4 is 44.4 Å². The normalized spacial score (nSPS) is 10.9. The molecule has 0 aliphatic rings. The number of hydrogen-bond donors (Lipinski definition) is 2. The fraction of sp³-hybridized carbons (Fsp3) is 0. The number of nitrogens with one attached hydrogen (secondary N) is 1. The summed E-state index contributed by atoms with van der Waals surface area (Å²) in [6.07, 6.45) is 3.52. The van der Waals surface area contributed by atoms with Crippen LogP contribution in [0.1, 0.15) is 0 Å². The van der Waals surface area contributed by atoms with Crippen LogP contribution in [0.5, 0.6) is 0 Å². The summed E-state index contributed by atoms with van der Waals surface area (Å²) < 4.78 is 0.954. The van der Waals surface area contributed by atoms with Crippen LogP contribution in [0.25, 0.3) is 11.0 Å². The number of anilines is 1. The number of aromatic amines is 1. The summed E-state index contributed by atoms with van der Waals surface area (Å²) >= 11 is 5.02. The van der Waals surface area contributed by atoms with Crippen LogP contribution >= 0.6 is 27.7 Å². The van der Waals surface area contributed by atoms with Crippen LogP contribution in [-0.2, 0) is 0 Å². The summed E-state index contributed by atoms with van der Waals surface area (Å²) in [7, 11) is 0.